The lowest BCUT2D eigenvalue weighted by molar-refractivity contribution is -0.121. The van der Waals surface area contributed by atoms with Crippen molar-refractivity contribution in [2.24, 2.45) is 0 Å². The summed E-state index contributed by atoms with van der Waals surface area (Å²) < 4.78 is 32.6. The van der Waals surface area contributed by atoms with E-state index in [0.717, 1.165) is 24.3 Å². The van der Waals surface area contributed by atoms with E-state index in [4.69, 9.17) is 4.74 Å². The van der Waals surface area contributed by atoms with Crippen molar-refractivity contribution < 1.29 is 17.9 Å². The van der Waals surface area contributed by atoms with Crippen LogP contribution in [-0.4, -0.2) is 78.5 Å². The van der Waals surface area contributed by atoms with Crippen molar-refractivity contribution in [3.63, 3.8) is 0 Å². The third-order valence-electron chi connectivity index (χ3n) is 5.74. The molecule has 1 amide bonds. The Kier molecular flexibility index (Phi) is 9.90. The van der Waals surface area contributed by atoms with Crippen LogP contribution in [0.3, 0.4) is 0 Å². The number of carbonyl (C=O) groups excluding carboxylic acids is 1. The van der Waals surface area contributed by atoms with Crippen molar-refractivity contribution in [3.8, 4) is 5.75 Å². The summed E-state index contributed by atoms with van der Waals surface area (Å²) in [5.41, 5.74) is 3.34. The predicted molar refractivity (Wildman–Crippen MR) is 137 cm³/mol. The fourth-order valence-electron chi connectivity index (χ4n) is 3.61. The number of sulfonamides is 1. The number of nitrogens with one attached hydrogen (secondary N) is 1. The molecular weight excluding hydrogens is 452 g/mol. The minimum atomic E-state index is -3.72. The molecule has 0 atom stereocenters. The maximum Gasteiger partial charge on any atom is 0.243 e. The van der Waals surface area contributed by atoms with Gasteiger partial charge in [0, 0.05) is 52.4 Å². The van der Waals surface area contributed by atoms with Gasteiger partial charge in [0.25, 0.3) is 0 Å². The zero-order valence-electron chi connectivity index (χ0n) is 21.4. The standard InChI is InChI=1S/C25H38N4O4S/c1-19-16-23(33-7)17-20(2)25(19)34(31,32)29(6)13-12-24(30)26-18-21-8-10-22(11-9-21)28(5)15-14-27(3)4/h8-11,16-17H,12-15,18H2,1-7H3,(H,26,30). The van der Waals surface area contributed by atoms with E-state index in [9.17, 15) is 13.2 Å². The number of nitrogens with zero attached hydrogens (tertiary/aromatic N) is 3. The lowest BCUT2D eigenvalue weighted by atomic mass is 10.1. The zero-order valence-corrected chi connectivity index (χ0v) is 22.2. The van der Waals surface area contributed by atoms with Crippen molar-refractivity contribution in [1.29, 1.82) is 0 Å². The smallest absolute Gasteiger partial charge is 0.243 e. The van der Waals surface area contributed by atoms with Crippen LogP contribution >= 0.6 is 0 Å². The number of benzene rings is 2. The van der Waals surface area contributed by atoms with Crippen LogP contribution in [0.1, 0.15) is 23.1 Å². The Morgan fingerprint density at radius 1 is 0.941 bits per heavy atom. The van der Waals surface area contributed by atoms with Gasteiger partial charge in [-0.15, -0.1) is 0 Å². The summed E-state index contributed by atoms with van der Waals surface area (Å²) in [4.78, 5) is 16.9. The number of anilines is 1. The molecule has 0 aliphatic heterocycles. The molecule has 8 nitrogen and oxygen atoms in total. The van der Waals surface area contributed by atoms with Gasteiger partial charge in [-0.25, -0.2) is 12.7 Å². The molecular formula is C25H38N4O4S. The van der Waals surface area contributed by atoms with Crippen molar-refractivity contribution in [2.75, 3.05) is 59.8 Å². The van der Waals surface area contributed by atoms with Gasteiger partial charge in [-0.3, -0.25) is 4.79 Å². The Hall–Kier alpha value is -2.62. The average Bonchev–Trinajstić information content (AvgIpc) is 2.79. The van der Waals surface area contributed by atoms with Crippen molar-refractivity contribution in [3.05, 3.63) is 53.1 Å². The van der Waals surface area contributed by atoms with Gasteiger partial charge in [-0.05, 0) is 68.9 Å². The lowest BCUT2D eigenvalue weighted by Gasteiger charge is -2.22. The Labute approximate surface area is 204 Å². The van der Waals surface area contributed by atoms with Gasteiger partial charge in [0.15, 0.2) is 0 Å². The third-order valence-corrected chi connectivity index (χ3v) is 7.90. The van der Waals surface area contributed by atoms with E-state index in [0.29, 0.717) is 23.4 Å². The summed E-state index contributed by atoms with van der Waals surface area (Å²) in [6.45, 7) is 5.87. The quantitative estimate of drug-likeness (QED) is 0.493. The minimum Gasteiger partial charge on any atom is -0.497 e. The predicted octanol–water partition coefficient (Wildman–Crippen LogP) is 2.64. The van der Waals surface area contributed by atoms with E-state index >= 15 is 0 Å². The summed E-state index contributed by atoms with van der Waals surface area (Å²) in [7, 11) is 5.48. The second kappa shape index (κ2) is 12.2. The first-order chi connectivity index (χ1) is 15.9. The van der Waals surface area contributed by atoms with E-state index in [-0.39, 0.29) is 23.8 Å². The normalized spacial score (nSPS) is 11.7. The fourth-order valence-corrected chi connectivity index (χ4v) is 5.18. The first-order valence-corrected chi connectivity index (χ1v) is 12.7. The van der Waals surface area contributed by atoms with Gasteiger partial charge in [-0.1, -0.05) is 12.1 Å². The van der Waals surface area contributed by atoms with Crippen LogP contribution in [0.4, 0.5) is 5.69 Å². The summed E-state index contributed by atoms with van der Waals surface area (Å²) in [5.74, 6) is 0.418. The zero-order chi connectivity index (χ0) is 25.5. The number of hydrogen-bond acceptors (Lipinski definition) is 6. The van der Waals surface area contributed by atoms with E-state index in [1.807, 2.05) is 38.4 Å². The van der Waals surface area contributed by atoms with Crippen LogP contribution in [0.2, 0.25) is 0 Å². The Morgan fingerprint density at radius 3 is 2.06 bits per heavy atom. The second-order valence-electron chi connectivity index (χ2n) is 8.83. The van der Waals surface area contributed by atoms with E-state index in [1.165, 1.54) is 11.4 Å². The topological polar surface area (TPSA) is 82.2 Å². The largest absolute Gasteiger partial charge is 0.497 e. The molecule has 0 unspecified atom stereocenters. The molecule has 0 aromatic heterocycles. The molecule has 0 aliphatic carbocycles. The van der Waals surface area contributed by atoms with Gasteiger partial charge in [0.1, 0.15) is 5.75 Å². The first kappa shape index (κ1) is 27.6. The summed E-state index contributed by atoms with van der Waals surface area (Å²) in [6.07, 6.45) is 0.0787. The van der Waals surface area contributed by atoms with E-state index < -0.39 is 10.0 Å². The highest BCUT2D eigenvalue weighted by Crippen LogP contribution is 2.27. The number of methoxy groups -OCH3 is 1. The van der Waals surface area contributed by atoms with Crippen LogP contribution < -0.4 is 15.0 Å². The highest BCUT2D eigenvalue weighted by atomic mass is 32.2. The molecule has 0 saturated carbocycles. The highest BCUT2D eigenvalue weighted by molar-refractivity contribution is 7.89. The van der Waals surface area contributed by atoms with Crippen LogP contribution in [0.15, 0.2) is 41.3 Å². The molecule has 2 rings (SSSR count). The monoisotopic (exact) mass is 490 g/mol. The number of ether oxygens (including phenoxy) is 1. The number of aryl methyl sites for hydroxylation is 2. The van der Waals surface area contributed by atoms with Crippen molar-refractivity contribution in [1.82, 2.24) is 14.5 Å². The third kappa shape index (κ3) is 7.44. The second-order valence-corrected chi connectivity index (χ2v) is 10.8. The van der Waals surface area contributed by atoms with Crippen LogP contribution in [0.25, 0.3) is 0 Å². The Morgan fingerprint density at radius 2 is 1.53 bits per heavy atom. The first-order valence-electron chi connectivity index (χ1n) is 11.3. The highest BCUT2D eigenvalue weighted by Gasteiger charge is 2.25. The molecule has 0 heterocycles. The number of rotatable bonds is 12. The lowest BCUT2D eigenvalue weighted by Crippen LogP contribution is -2.33. The fraction of sp³-hybridized carbons (Fsp3) is 0.480. The van der Waals surface area contributed by atoms with Gasteiger partial charge in [-0.2, -0.15) is 0 Å². The van der Waals surface area contributed by atoms with Gasteiger partial charge in [0.2, 0.25) is 15.9 Å². The van der Waals surface area contributed by atoms with Gasteiger partial charge in [0.05, 0.1) is 12.0 Å². The minimum absolute atomic E-state index is 0.0787. The molecule has 9 heteroatoms. The van der Waals surface area contributed by atoms with Gasteiger partial charge >= 0.3 is 0 Å². The Bertz CT molecular complexity index is 1050. The van der Waals surface area contributed by atoms with E-state index in [1.54, 1.807) is 33.1 Å². The molecule has 0 spiro atoms. The maximum atomic E-state index is 13.1. The molecule has 34 heavy (non-hydrogen) atoms. The maximum absolute atomic E-state index is 13.1. The molecule has 188 valence electrons. The molecule has 2 aromatic carbocycles. The van der Waals surface area contributed by atoms with Crippen LogP contribution in [-0.2, 0) is 21.4 Å². The number of carbonyl (C=O) groups is 1. The Balaban J connectivity index is 1.89. The summed E-state index contributed by atoms with van der Waals surface area (Å²) >= 11 is 0. The molecule has 0 saturated heterocycles. The number of hydrogen-bond donors (Lipinski definition) is 1. The molecule has 0 aliphatic rings. The van der Waals surface area contributed by atoms with Crippen LogP contribution in [0.5, 0.6) is 5.75 Å². The average molecular weight is 491 g/mol. The van der Waals surface area contributed by atoms with Crippen molar-refractivity contribution >= 4 is 21.6 Å². The SMILES string of the molecule is COc1cc(C)c(S(=O)(=O)N(C)CCC(=O)NCc2ccc(N(C)CCN(C)C)cc2)c(C)c1. The summed E-state index contributed by atoms with van der Waals surface area (Å²) in [6, 6.07) is 11.5. The number of likely N-dealkylation sites (N-methyl/N-ethyl adjacent to an activating group) is 2. The van der Waals surface area contributed by atoms with Gasteiger partial charge < -0.3 is 19.9 Å². The number of amides is 1. The van der Waals surface area contributed by atoms with Crippen LogP contribution in [0, 0.1) is 13.8 Å². The molecule has 1 N–H and O–H groups in total. The molecule has 2 aromatic rings. The molecule has 0 fully saturated rings. The molecule has 0 bridgehead atoms. The molecule has 0 radical (unpaired) electrons. The summed E-state index contributed by atoms with van der Waals surface area (Å²) in [5, 5.41) is 2.87. The van der Waals surface area contributed by atoms with Crippen molar-refractivity contribution in [2.45, 2.75) is 31.7 Å². The van der Waals surface area contributed by atoms with E-state index in [2.05, 4.69) is 22.2 Å².